The lowest BCUT2D eigenvalue weighted by molar-refractivity contribution is 0.204. The van der Waals surface area contributed by atoms with Gasteiger partial charge in [0.25, 0.3) is 0 Å². The van der Waals surface area contributed by atoms with E-state index in [4.69, 9.17) is 14.5 Å². The quantitative estimate of drug-likeness (QED) is 0.206. The van der Waals surface area contributed by atoms with E-state index in [2.05, 4.69) is 37.1 Å². The number of imidazole rings is 1. The number of allylic oxidation sites excluding steroid dienone is 1. The molecule has 0 radical (unpaired) electrons. The average Bonchev–Trinajstić information content (AvgIpc) is 3.21. The van der Waals surface area contributed by atoms with E-state index in [0.717, 1.165) is 59.5 Å². The summed E-state index contributed by atoms with van der Waals surface area (Å²) >= 11 is 0. The number of ether oxygens (including phenoxy) is 2. The van der Waals surface area contributed by atoms with Gasteiger partial charge in [-0.1, -0.05) is 42.5 Å². The van der Waals surface area contributed by atoms with Crippen molar-refractivity contribution >= 4 is 11.0 Å². The highest BCUT2D eigenvalue weighted by Crippen LogP contribution is 2.30. The Morgan fingerprint density at radius 1 is 1.00 bits per heavy atom. The molecule has 1 heterocycles. The van der Waals surface area contributed by atoms with Crippen LogP contribution >= 0.6 is 0 Å². The molecule has 0 saturated heterocycles. The molecule has 0 bridgehead atoms. The predicted molar refractivity (Wildman–Crippen MR) is 141 cm³/mol. The second kappa shape index (κ2) is 11.2. The number of hydrogen-bond donors (Lipinski definition) is 1. The summed E-state index contributed by atoms with van der Waals surface area (Å²) in [4.78, 5) is 4.84. The van der Waals surface area contributed by atoms with E-state index in [-0.39, 0.29) is 0 Å². The fourth-order valence-corrected chi connectivity index (χ4v) is 4.31. The Bertz CT molecular complexity index is 1290. The predicted octanol–water partition coefficient (Wildman–Crippen LogP) is 6.33. The van der Waals surface area contributed by atoms with Crippen LogP contribution in [0.5, 0.6) is 11.5 Å². The fourth-order valence-electron chi connectivity index (χ4n) is 4.31. The topological polar surface area (TPSA) is 56.5 Å². The first-order valence-electron chi connectivity index (χ1n) is 12.1. The number of unbranched alkanes of at least 4 members (excludes halogenated alkanes) is 1. The lowest BCUT2D eigenvalue weighted by atomic mass is 10.1. The third-order valence-corrected chi connectivity index (χ3v) is 6.39. The Kier molecular flexibility index (Phi) is 7.88. The minimum atomic E-state index is -0.779. The molecule has 1 N–H and O–H groups in total. The summed E-state index contributed by atoms with van der Waals surface area (Å²) in [6.45, 7) is 9.33. The second-order valence-electron chi connectivity index (χ2n) is 8.89. The largest absolute Gasteiger partial charge is 0.493 e. The number of nitrogens with zero attached hydrogens (tertiary/aromatic N) is 2. The highest BCUT2D eigenvalue weighted by Gasteiger charge is 2.20. The maximum absolute atomic E-state index is 11.2. The molecule has 0 spiro atoms. The van der Waals surface area contributed by atoms with Gasteiger partial charge < -0.3 is 19.1 Å². The molecule has 1 unspecified atom stereocenters. The van der Waals surface area contributed by atoms with Crippen molar-refractivity contribution in [2.45, 2.75) is 45.8 Å². The van der Waals surface area contributed by atoms with Crippen LogP contribution in [0.1, 0.15) is 47.0 Å². The molecule has 0 amide bonds. The number of hydrogen-bond acceptors (Lipinski definition) is 4. The summed E-state index contributed by atoms with van der Waals surface area (Å²) in [5, 5.41) is 11.2. The summed E-state index contributed by atoms with van der Waals surface area (Å²) in [7, 11) is 1.66. The number of aryl methyl sites for hydroxylation is 3. The molecule has 0 saturated carbocycles. The number of methoxy groups -OCH3 is 1. The molecule has 1 atom stereocenters. The fraction of sp³-hybridized carbons (Fsp3) is 0.300. The van der Waals surface area contributed by atoms with Crippen LogP contribution in [-0.4, -0.2) is 28.4 Å². The maximum Gasteiger partial charge on any atom is 0.161 e. The summed E-state index contributed by atoms with van der Waals surface area (Å²) in [5.74, 6) is 2.17. The van der Waals surface area contributed by atoms with E-state index in [1.54, 1.807) is 7.11 Å². The third kappa shape index (κ3) is 5.57. The van der Waals surface area contributed by atoms with Crippen LogP contribution in [-0.2, 0) is 13.0 Å². The minimum Gasteiger partial charge on any atom is -0.493 e. The van der Waals surface area contributed by atoms with Gasteiger partial charge in [-0.05, 0) is 79.6 Å². The highest BCUT2D eigenvalue weighted by molar-refractivity contribution is 5.78. The van der Waals surface area contributed by atoms with Crippen molar-refractivity contribution in [1.29, 1.82) is 0 Å². The molecule has 182 valence electrons. The highest BCUT2D eigenvalue weighted by atomic mass is 16.5. The van der Waals surface area contributed by atoms with Gasteiger partial charge in [-0.3, -0.25) is 0 Å². The molecule has 0 aliphatic rings. The number of aromatic nitrogens is 2. The number of rotatable bonds is 11. The zero-order chi connectivity index (χ0) is 24.8. The molecule has 5 nitrogen and oxygen atoms in total. The van der Waals surface area contributed by atoms with Gasteiger partial charge >= 0.3 is 0 Å². The Morgan fingerprint density at radius 2 is 1.77 bits per heavy atom. The summed E-state index contributed by atoms with van der Waals surface area (Å²) in [6, 6.07) is 20.0. The Balaban J connectivity index is 1.48. The van der Waals surface area contributed by atoms with E-state index >= 15 is 0 Å². The van der Waals surface area contributed by atoms with E-state index in [0.29, 0.717) is 12.4 Å². The first kappa shape index (κ1) is 24.6. The first-order chi connectivity index (χ1) is 17.0. The molecule has 1 aromatic heterocycles. The molecular weight excluding hydrogens is 436 g/mol. The zero-order valence-corrected chi connectivity index (χ0v) is 20.8. The van der Waals surface area contributed by atoms with Gasteiger partial charge in [-0.15, -0.1) is 6.58 Å². The Hall–Kier alpha value is -3.57. The van der Waals surface area contributed by atoms with Crippen molar-refractivity contribution in [3.63, 3.8) is 0 Å². The smallest absolute Gasteiger partial charge is 0.161 e. The molecule has 4 aromatic rings. The van der Waals surface area contributed by atoms with Crippen molar-refractivity contribution < 1.29 is 14.6 Å². The number of fused-ring (bicyclic) bond motifs is 1. The van der Waals surface area contributed by atoms with Crippen molar-refractivity contribution in [1.82, 2.24) is 9.55 Å². The molecule has 0 fully saturated rings. The molecular formula is C30H34N2O3. The van der Waals surface area contributed by atoms with E-state index < -0.39 is 6.10 Å². The minimum absolute atomic E-state index is 0.582. The molecule has 35 heavy (non-hydrogen) atoms. The van der Waals surface area contributed by atoms with E-state index in [1.807, 2.05) is 54.6 Å². The number of aliphatic hydroxyl groups excluding tert-OH is 1. The van der Waals surface area contributed by atoms with Gasteiger partial charge in [-0.2, -0.15) is 0 Å². The molecule has 0 aliphatic heterocycles. The third-order valence-electron chi connectivity index (χ3n) is 6.39. The molecule has 5 heteroatoms. The monoisotopic (exact) mass is 470 g/mol. The van der Waals surface area contributed by atoms with E-state index in [9.17, 15) is 5.11 Å². The van der Waals surface area contributed by atoms with Crippen molar-refractivity contribution in [3.05, 3.63) is 101 Å². The van der Waals surface area contributed by atoms with Gasteiger partial charge in [0.2, 0.25) is 0 Å². The SMILES string of the molecule is C=CCc1ccc(OCCCCn2c(C(O)c3ccccc3)nc3cc(C)c(C)cc32)c(OC)c1. The normalized spacial score (nSPS) is 12.0. The van der Waals surface area contributed by atoms with Crippen molar-refractivity contribution in [2.24, 2.45) is 0 Å². The van der Waals surface area contributed by atoms with Crippen molar-refractivity contribution in [2.75, 3.05) is 13.7 Å². The van der Waals surface area contributed by atoms with Gasteiger partial charge in [-0.25, -0.2) is 4.98 Å². The maximum atomic E-state index is 11.2. The lowest BCUT2D eigenvalue weighted by Gasteiger charge is -2.15. The zero-order valence-electron chi connectivity index (χ0n) is 20.8. The molecule has 0 aliphatic carbocycles. The summed E-state index contributed by atoms with van der Waals surface area (Å²) in [6.07, 6.45) is 3.65. The number of aliphatic hydroxyl groups is 1. The average molecular weight is 471 g/mol. The van der Waals surface area contributed by atoms with Crippen molar-refractivity contribution in [3.8, 4) is 11.5 Å². The van der Waals surface area contributed by atoms with Crippen LogP contribution in [0.4, 0.5) is 0 Å². The Labute approximate surface area is 207 Å². The van der Waals surface area contributed by atoms with E-state index in [1.165, 1.54) is 11.1 Å². The van der Waals surface area contributed by atoms with Gasteiger partial charge in [0.1, 0.15) is 11.9 Å². The van der Waals surface area contributed by atoms with Crippen LogP contribution in [0.15, 0.2) is 73.3 Å². The van der Waals surface area contributed by atoms with Crippen LogP contribution in [0.25, 0.3) is 11.0 Å². The Morgan fingerprint density at radius 3 is 2.51 bits per heavy atom. The van der Waals surface area contributed by atoms with Crippen LogP contribution < -0.4 is 9.47 Å². The summed E-state index contributed by atoms with van der Waals surface area (Å²) < 4.78 is 13.7. The standard InChI is InChI=1S/C30H34N2O3/c1-5-11-23-14-15-27(28(20-23)34-4)35-17-10-9-16-32-26-19-22(3)21(2)18-25(26)31-30(32)29(33)24-12-7-6-8-13-24/h5-8,12-15,18-20,29,33H,1,9-11,16-17H2,2-4H3. The van der Waals surface area contributed by atoms with Crippen LogP contribution in [0.3, 0.4) is 0 Å². The van der Waals surface area contributed by atoms with Crippen LogP contribution in [0, 0.1) is 13.8 Å². The van der Waals surface area contributed by atoms with Gasteiger partial charge in [0, 0.05) is 6.54 Å². The van der Waals surface area contributed by atoms with Gasteiger partial charge in [0.05, 0.1) is 24.8 Å². The number of benzene rings is 3. The van der Waals surface area contributed by atoms with Gasteiger partial charge in [0.15, 0.2) is 11.5 Å². The lowest BCUT2D eigenvalue weighted by Crippen LogP contribution is -2.11. The molecule has 3 aromatic carbocycles. The van der Waals surface area contributed by atoms with Crippen LogP contribution in [0.2, 0.25) is 0 Å². The second-order valence-corrected chi connectivity index (χ2v) is 8.89. The summed E-state index contributed by atoms with van der Waals surface area (Å²) in [5.41, 5.74) is 6.37. The first-order valence-corrected chi connectivity index (χ1v) is 12.1. The molecule has 4 rings (SSSR count).